The Kier molecular flexibility index (Phi) is 4.83. The van der Waals surface area contributed by atoms with Crippen LogP contribution in [0.5, 0.6) is 0 Å². The second-order valence-electron chi connectivity index (χ2n) is 4.91. The lowest BCUT2D eigenvalue weighted by atomic mass is 10.2. The highest BCUT2D eigenvalue weighted by Gasteiger charge is 2.07. The lowest BCUT2D eigenvalue weighted by Crippen LogP contribution is -2.12. The number of hydrogen-bond acceptors (Lipinski definition) is 4. The zero-order valence-electron chi connectivity index (χ0n) is 12.9. The third-order valence-corrected chi connectivity index (χ3v) is 5.12. The van der Waals surface area contributed by atoms with E-state index in [0.29, 0.717) is 6.54 Å². The fourth-order valence-corrected chi connectivity index (χ4v) is 3.78. The first-order valence-corrected chi connectivity index (χ1v) is 9.00. The predicted molar refractivity (Wildman–Crippen MR) is 95.9 cm³/mol. The van der Waals surface area contributed by atoms with Gasteiger partial charge in [0.1, 0.15) is 5.82 Å². The molecule has 3 nitrogen and oxygen atoms in total. The van der Waals surface area contributed by atoms with Gasteiger partial charge in [0, 0.05) is 17.5 Å². The van der Waals surface area contributed by atoms with Gasteiger partial charge in [0.05, 0.1) is 16.8 Å². The number of halogens is 1. The van der Waals surface area contributed by atoms with Crippen LogP contribution in [0.3, 0.4) is 0 Å². The number of rotatable bonds is 4. The van der Waals surface area contributed by atoms with Crippen molar-refractivity contribution in [1.82, 2.24) is 4.68 Å². The second-order valence-corrected chi connectivity index (χ2v) is 6.69. The predicted octanol–water partition coefficient (Wildman–Crippen LogP) is 4.53. The van der Waals surface area contributed by atoms with Gasteiger partial charge in [-0.25, -0.2) is 9.07 Å². The molecule has 0 aliphatic heterocycles. The van der Waals surface area contributed by atoms with Gasteiger partial charge < -0.3 is 0 Å². The summed E-state index contributed by atoms with van der Waals surface area (Å²) in [4.78, 5) is 6.44. The van der Waals surface area contributed by atoms with Gasteiger partial charge in [-0.3, -0.25) is 4.99 Å². The highest BCUT2D eigenvalue weighted by atomic mass is 32.1. The molecule has 23 heavy (non-hydrogen) atoms. The summed E-state index contributed by atoms with van der Waals surface area (Å²) in [7, 11) is 0. The van der Waals surface area contributed by atoms with Gasteiger partial charge in [-0.15, -0.1) is 22.7 Å². The Morgan fingerprint density at radius 3 is 2.61 bits per heavy atom. The van der Waals surface area contributed by atoms with Crippen LogP contribution >= 0.6 is 22.7 Å². The Hall–Kier alpha value is -2.05. The molecule has 0 radical (unpaired) electrons. The van der Waals surface area contributed by atoms with Crippen LogP contribution in [0.25, 0.3) is 11.3 Å². The van der Waals surface area contributed by atoms with Gasteiger partial charge in [0.15, 0.2) is 0 Å². The molecule has 118 valence electrons. The fraction of sp³-hybridized carbons (Fsp3) is 0.176. The Labute approximate surface area is 142 Å². The van der Waals surface area contributed by atoms with Crippen molar-refractivity contribution in [3.05, 3.63) is 62.2 Å². The Bertz CT molecular complexity index is 885. The highest BCUT2D eigenvalue weighted by molar-refractivity contribution is 7.11. The van der Waals surface area contributed by atoms with Gasteiger partial charge in [0.2, 0.25) is 4.80 Å². The second kappa shape index (κ2) is 7.02. The van der Waals surface area contributed by atoms with Crippen molar-refractivity contribution >= 4 is 28.9 Å². The van der Waals surface area contributed by atoms with Crippen molar-refractivity contribution < 1.29 is 4.39 Å². The molecule has 2 aromatic heterocycles. The van der Waals surface area contributed by atoms with E-state index in [1.165, 1.54) is 29.0 Å². The molecule has 0 saturated carbocycles. The molecule has 0 fully saturated rings. The minimum absolute atomic E-state index is 0.244. The van der Waals surface area contributed by atoms with Crippen LogP contribution in [0.2, 0.25) is 0 Å². The van der Waals surface area contributed by atoms with Gasteiger partial charge in [-0.05, 0) is 55.1 Å². The molecule has 0 aliphatic rings. The van der Waals surface area contributed by atoms with Crippen LogP contribution in [0.15, 0.2) is 51.2 Å². The SMILES string of the molecule is CCN=c1scc(-c2ccc(F)cc2)n1/N=C\c1sccc1C. The van der Waals surface area contributed by atoms with Crippen molar-refractivity contribution in [1.29, 1.82) is 0 Å². The van der Waals surface area contributed by atoms with E-state index in [-0.39, 0.29) is 5.82 Å². The molecule has 1 aromatic carbocycles. The average molecular weight is 345 g/mol. The van der Waals surface area contributed by atoms with E-state index in [9.17, 15) is 4.39 Å². The number of thiophene rings is 1. The zero-order chi connectivity index (χ0) is 16.2. The van der Waals surface area contributed by atoms with Gasteiger partial charge >= 0.3 is 0 Å². The summed E-state index contributed by atoms with van der Waals surface area (Å²) in [6.07, 6.45) is 1.86. The van der Waals surface area contributed by atoms with Crippen molar-refractivity contribution in [3.8, 4) is 11.3 Å². The first kappa shape index (κ1) is 15.8. The minimum atomic E-state index is -0.244. The normalized spacial score (nSPS) is 12.4. The molecule has 0 spiro atoms. The molecule has 0 amide bonds. The summed E-state index contributed by atoms with van der Waals surface area (Å²) in [5.74, 6) is -0.244. The van der Waals surface area contributed by atoms with Crippen LogP contribution in [-0.2, 0) is 0 Å². The van der Waals surface area contributed by atoms with Crippen LogP contribution in [-0.4, -0.2) is 17.4 Å². The van der Waals surface area contributed by atoms with Crippen LogP contribution in [0.4, 0.5) is 4.39 Å². The minimum Gasteiger partial charge on any atom is -0.258 e. The fourth-order valence-electron chi connectivity index (χ4n) is 2.10. The number of hydrogen-bond donors (Lipinski definition) is 0. The summed E-state index contributed by atoms with van der Waals surface area (Å²) < 4.78 is 15.0. The maximum absolute atomic E-state index is 13.2. The lowest BCUT2D eigenvalue weighted by molar-refractivity contribution is 0.628. The number of benzene rings is 1. The van der Waals surface area contributed by atoms with E-state index in [1.54, 1.807) is 23.5 Å². The van der Waals surface area contributed by atoms with E-state index in [2.05, 4.69) is 23.1 Å². The quantitative estimate of drug-likeness (QED) is 0.622. The van der Waals surface area contributed by atoms with Gasteiger partial charge in [0.25, 0.3) is 0 Å². The zero-order valence-corrected chi connectivity index (χ0v) is 14.5. The van der Waals surface area contributed by atoms with Crippen LogP contribution < -0.4 is 4.80 Å². The molecule has 6 heteroatoms. The Morgan fingerprint density at radius 2 is 1.96 bits per heavy atom. The van der Waals surface area contributed by atoms with E-state index >= 15 is 0 Å². The molecular formula is C17H16FN3S2. The maximum atomic E-state index is 13.2. The standard InChI is InChI=1S/C17H16FN3S2/c1-3-19-17-21(20-10-16-12(2)8-9-22-16)15(11-23-17)13-4-6-14(18)7-5-13/h4-11H,3H2,1-2H3/b19-17?,20-10-. The van der Waals surface area contributed by atoms with E-state index < -0.39 is 0 Å². The third kappa shape index (κ3) is 3.48. The van der Waals surface area contributed by atoms with Crippen molar-refractivity contribution in [3.63, 3.8) is 0 Å². The lowest BCUT2D eigenvalue weighted by Gasteiger charge is -2.03. The summed E-state index contributed by atoms with van der Waals surface area (Å²) in [6, 6.07) is 8.51. The molecule has 0 bridgehead atoms. The summed E-state index contributed by atoms with van der Waals surface area (Å²) in [5.41, 5.74) is 3.03. The van der Waals surface area contributed by atoms with Crippen molar-refractivity contribution in [2.45, 2.75) is 13.8 Å². The van der Waals surface area contributed by atoms with Crippen LogP contribution in [0, 0.1) is 12.7 Å². The molecule has 2 heterocycles. The summed E-state index contributed by atoms with van der Waals surface area (Å²) >= 11 is 3.19. The monoisotopic (exact) mass is 345 g/mol. The number of aromatic nitrogens is 1. The summed E-state index contributed by atoms with van der Waals surface area (Å²) in [5, 5.41) is 8.66. The molecule has 3 rings (SSSR count). The van der Waals surface area contributed by atoms with Gasteiger partial charge in [-0.1, -0.05) is 0 Å². The maximum Gasteiger partial charge on any atom is 0.206 e. The molecule has 0 N–H and O–H groups in total. The smallest absolute Gasteiger partial charge is 0.206 e. The Morgan fingerprint density at radius 1 is 1.17 bits per heavy atom. The first-order chi connectivity index (χ1) is 11.2. The van der Waals surface area contributed by atoms with E-state index in [0.717, 1.165) is 20.9 Å². The third-order valence-electron chi connectivity index (χ3n) is 3.31. The summed E-state index contributed by atoms with van der Waals surface area (Å²) in [6.45, 7) is 4.75. The molecule has 0 unspecified atom stereocenters. The molecule has 0 saturated heterocycles. The van der Waals surface area contributed by atoms with E-state index in [1.807, 2.05) is 28.6 Å². The number of aryl methyl sites for hydroxylation is 1. The largest absolute Gasteiger partial charge is 0.258 e. The van der Waals surface area contributed by atoms with Crippen LogP contribution in [0.1, 0.15) is 17.4 Å². The van der Waals surface area contributed by atoms with Crippen molar-refractivity contribution in [2.75, 3.05) is 6.54 Å². The van der Waals surface area contributed by atoms with Gasteiger partial charge in [-0.2, -0.15) is 5.10 Å². The average Bonchev–Trinajstić information content (AvgIpc) is 3.13. The van der Waals surface area contributed by atoms with Crippen molar-refractivity contribution in [2.24, 2.45) is 10.1 Å². The first-order valence-electron chi connectivity index (χ1n) is 7.24. The highest BCUT2D eigenvalue weighted by Crippen LogP contribution is 2.21. The topological polar surface area (TPSA) is 29.6 Å². The molecular weight excluding hydrogens is 329 g/mol. The molecule has 3 aromatic rings. The number of nitrogens with zero attached hydrogens (tertiary/aromatic N) is 3. The molecule has 0 aliphatic carbocycles. The molecule has 0 atom stereocenters. The Balaban J connectivity index is 2.08. The van der Waals surface area contributed by atoms with E-state index in [4.69, 9.17) is 0 Å². The number of thiazole rings is 1.